The van der Waals surface area contributed by atoms with E-state index in [1.54, 1.807) is 4.98 Å². The zero-order valence-electron chi connectivity index (χ0n) is 13.0. The molecule has 124 valence electrons. The number of aromatic carboxylic acids is 2. The van der Waals surface area contributed by atoms with Crippen LogP contribution in [0.25, 0.3) is 5.69 Å². The number of aromatic amines is 1. The van der Waals surface area contributed by atoms with E-state index >= 15 is 0 Å². The summed E-state index contributed by atoms with van der Waals surface area (Å²) in [5.41, 5.74) is -4.63. The number of hydrogen-bond donors (Lipinski definition) is 3. The van der Waals surface area contributed by atoms with Crippen molar-refractivity contribution in [3.8, 4) is 5.69 Å². The first-order valence-electron chi connectivity index (χ1n) is 5.54. The first-order valence-corrected chi connectivity index (χ1v) is 6.30. The first-order chi connectivity index (χ1) is 10.2. The maximum Gasteiger partial charge on any atom is 1.00 e. The van der Waals surface area contributed by atoms with Crippen LogP contribution in [0.3, 0.4) is 0 Å². The fourth-order valence-corrected chi connectivity index (χ4v) is 2.37. The number of rotatable bonds is 3. The molecule has 9 nitrogen and oxygen atoms in total. The van der Waals surface area contributed by atoms with Crippen LogP contribution in [0.15, 0.2) is 27.8 Å². The van der Waals surface area contributed by atoms with Crippen molar-refractivity contribution >= 4 is 35.1 Å². The molecule has 2 rings (SSSR count). The van der Waals surface area contributed by atoms with Gasteiger partial charge in [0, 0.05) is 10.0 Å². The molecule has 0 saturated carbocycles. The Kier molecular flexibility index (Phi) is 7.90. The van der Waals surface area contributed by atoms with Gasteiger partial charge in [-0.25, -0.2) is 14.4 Å². The van der Waals surface area contributed by atoms with E-state index in [4.69, 9.17) is 28.3 Å². The molecule has 1 heterocycles. The van der Waals surface area contributed by atoms with Crippen LogP contribution in [0.4, 0.5) is 0 Å². The van der Waals surface area contributed by atoms with E-state index < -0.39 is 34.4 Å². The summed E-state index contributed by atoms with van der Waals surface area (Å²) in [7, 11) is 0. The topological polar surface area (TPSA) is 161 Å². The summed E-state index contributed by atoms with van der Waals surface area (Å²) < 4.78 is 0.505. The van der Waals surface area contributed by atoms with Gasteiger partial charge in [-0.2, -0.15) is 0 Å². The molecular weight excluding hydrogens is 378 g/mol. The van der Waals surface area contributed by atoms with Gasteiger partial charge in [0.15, 0.2) is 11.3 Å². The number of halogens is 2. The van der Waals surface area contributed by atoms with Crippen molar-refractivity contribution in [1.29, 1.82) is 0 Å². The molecule has 5 N–H and O–H groups in total. The maximum atomic E-state index is 11.9. The second-order valence-electron chi connectivity index (χ2n) is 4.06. The first kappa shape index (κ1) is 22.4. The van der Waals surface area contributed by atoms with Crippen LogP contribution in [-0.2, 0) is 0 Å². The Bertz CT molecular complexity index is 908. The van der Waals surface area contributed by atoms with E-state index in [2.05, 4.69) is 0 Å². The molecule has 24 heavy (non-hydrogen) atoms. The van der Waals surface area contributed by atoms with Crippen LogP contribution in [-0.4, -0.2) is 37.2 Å². The number of carboxylic acids is 2. The van der Waals surface area contributed by atoms with Crippen LogP contribution in [0.2, 0.25) is 10.0 Å². The molecule has 0 unspecified atom stereocenters. The summed E-state index contributed by atoms with van der Waals surface area (Å²) in [5.74, 6) is -3.56. The molecule has 0 aliphatic heterocycles. The smallest absolute Gasteiger partial charge is 1.00 e. The van der Waals surface area contributed by atoms with Crippen LogP contribution < -0.4 is 40.8 Å². The predicted molar refractivity (Wildman–Crippen MR) is 81.3 cm³/mol. The average molecular weight is 387 g/mol. The molecule has 0 spiro atoms. The second-order valence-corrected chi connectivity index (χ2v) is 4.93. The Morgan fingerprint density at radius 3 is 1.96 bits per heavy atom. The minimum absolute atomic E-state index is 0. The van der Waals surface area contributed by atoms with Crippen molar-refractivity contribution in [2.75, 3.05) is 0 Å². The molecular formula is C12H9Cl2N2NaO7. The van der Waals surface area contributed by atoms with Gasteiger partial charge in [0.05, 0.1) is 5.69 Å². The number of H-pyrrole nitrogens is 1. The molecule has 12 heteroatoms. The Morgan fingerprint density at radius 2 is 1.54 bits per heavy atom. The molecule has 0 aliphatic rings. The van der Waals surface area contributed by atoms with Gasteiger partial charge in [0.25, 0.3) is 5.56 Å². The van der Waals surface area contributed by atoms with Gasteiger partial charge >= 0.3 is 47.2 Å². The third-order valence-corrected chi connectivity index (χ3v) is 3.07. The fourth-order valence-electron chi connectivity index (χ4n) is 1.85. The SMILES string of the molecule is O.O=C(O)c1c(C(=O)O)n(-c2cc(Cl)cc(Cl)c2)c(=O)[nH]c1=O.[H-].[Na+]. The fraction of sp³-hybridized carbons (Fsp3) is 0. The number of carboxylic acid groups (broad SMARTS) is 2. The molecule has 0 amide bonds. The van der Waals surface area contributed by atoms with Gasteiger partial charge in [-0.05, 0) is 18.2 Å². The minimum Gasteiger partial charge on any atom is -1.00 e. The van der Waals surface area contributed by atoms with Crippen LogP contribution in [0.1, 0.15) is 22.3 Å². The van der Waals surface area contributed by atoms with Crippen molar-refractivity contribution in [3.63, 3.8) is 0 Å². The van der Waals surface area contributed by atoms with Gasteiger partial charge < -0.3 is 17.1 Å². The van der Waals surface area contributed by atoms with E-state index in [9.17, 15) is 24.3 Å². The van der Waals surface area contributed by atoms with Crippen molar-refractivity contribution in [1.82, 2.24) is 9.55 Å². The largest absolute Gasteiger partial charge is 1.00 e. The molecule has 0 saturated heterocycles. The summed E-state index contributed by atoms with van der Waals surface area (Å²) in [5, 5.41) is 18.4. The second kappa shape index (κ2) is 8.47. The third kappa shape index (κ3) is 4.26. The summed E-state index contributed by atoms with van der Waals surface area (Å²) in [6, 6.07) is 3.73. The van der Waals surface area contributed by atoms with E-state index in [1.807, 2.05) is 0 Å². The molecule has 0 fully saturated rings. The maximum absolute atomic E-state index is 11.9. The number of nitrogens with one attached hydrogen (secondary N) is 1. The van der Waals surface area contributed by atoms with E-state index in [1.165, 1.54) is 18.2 Å². The molecule has 2 aromatic rings. The Hall–Kier alpha value is -1.62. The third-order valence-electron chi connectivity index (χ3n) is 2.63. The van der Waals surface area contributed by atoms with Gasteiger partial charge in [0.1, 0.15) is 0 Å². The van der Waals surface area contributed by atoms with Crippen molar-refractivity contribution in [2.24, 2.45) is 0 Å². The van der Waals surface area contributed by atoms with Crippen molar-refractivity contribution < 1.29 is 56.3 Å². The quantitative estimate of drug-likeness (QED) is 0.494. The molecule has 1 aromatic heterocycles. The van der Waals surface area contributed by atoms with E-state index in [0.717, 1.165) is 0 Å². The van der Waals surface area contributed by atoms with Crippen LogP contribution in [0, 0.1) is 0 Å². The Balaban J connectivity index is 0. The van der Waals surface area contributed by atoms with E-state index in [0.29, 0.717) is 4.57 Å². The zero-order chi connectivity index (χ0) is 16.6. The van der Waals surface area contributed by atoms with Crippen LogP contribution >= 0.6 is 23.2 Å². The summed E-state index contributed by atoms with van der Waals surface area (Å²) >= 11 is 11.6. The van der Waals surface area contributed by atoms with Gasteiger partial charge in [-0.15, -0.1) is 0 Å². The zero-order valence-corrected chi connectivity index (χ0v) is 15.5. The van der Waals surface area contributed by atoms with Gasteiger partial charge in [0.2, 0.25) is 0 Å². The molecule has 0 aliphatic carbocycles. The monoisotopic (exact) mass is 386 g/mol. The number of aromatic nitrogens is 2. The number of benzene rings is 1. The van der Waals surface area contributed by atoms with Crippen molar-refractivity contribution in [2.45, 2.75) is 0 Å². The summed E-state index contributed by atoms with van der Waals surface area (Å²) in [6.45, 7) is 0. The number of hydrogen-bond acceptors (Lipinski definition) is 4. The normalized spacial score (nSPS) is 9.58. The summed E-state index contributed by atoms with van der Waals surface area (Å²) in [6.07, 6.45) is 0. The molecule has 0 bridgehead atoms. The minimum atomic E-state index is -1.79. The average Bonchev–Trinajstić information content (AvgIpc) is 2.35. The van der Waals surface area contributed by atoms with Gasteiger partial charge in [-0.1, -0.05) is 23.2 Å². The van der Waals surface area contributed by atoms with Crippen molar-refractivity contribution in [3.05, 3.63) is 60.3 Å². The summed E-state index contributed by atoms with van der Waals surface area (Å²) in [4.78, 5) is 47.7. The van der Waals surface area contributed by atoms with E-state index in [-0.39, 0.29) is 52.2 Å². The predicted octanol–water partition coefficient (Wildman–Crippen LogP) is -2.48. The molecule has 0 radical (unpaired) electrons. The van der Waals surface area contributed by atoms with Gasteiger partial charge in [-0.3, -0.25) is 14.3 Å². The molecule has 0 atom stereocenters. The number of nitrogens with zero attached hydrogens (tertiary/aromatic N) is 1. The Labute approximate surface area is 166 Å². The molecule has 1 aromatic carbocycles. The van der Waals surface area contributed by atoms with Crippen LogP contribution in [0.5, 0.6) is 0 Å². The standard InChI is InChI=1S/C12H6Cl2N2O6.Na.H2O.H/c13-4-1-5(14)3-6(2-4)16-8(11(20)21)7(10(18)19)9(17)15-12(16)22;;;/h1-3H,(H,18,19)(H,20,21)(H,15,17,22);;1H2;/q;+1;;-1. The number of carbonyl (C=O) groups is 2. The Morgan fingerprint density at radius 1 is 1.04 bits per heavy atom.